The maximum Gasteiger partial charge on any atom is 0.308 e. The molecule has 2 rings (SSSR count). The van der Waals surface area contributed by atoms with Crippen LogP contribution in [0.3, 0.4) is 0 Å². The lowest BCUT2D eigenvalue weighted by Gasteiger charge is -2.35. The normalized spacial score (nSPS) is 20.1. The minimum Gasteiger partial charge on any atom is -0.481 e. The molecule has 1 aliphatic heterocycles. The first kappa shape index (κ1) is 18.9. The van der Waals surface area contributed by atoms with E-state index in [1.807, 2.05) is 6.07 Å². The number of hydrogen-bond acceptors (Lipinski definition) is 5. The van der Waals surface area contributed by atoms with Crippen LogP contribution in [0.1, 0.15) is 18.4 Å². The van der Waals surface area contributed by atoms with Gasteiger partial charge in [-0.1, -0.05) is 6.07 Å². The second-order valence-electron chi connectivity index (χ2n) is 6.09. The number of aromatic nitrogens is 1. The number of carboxylic acid groups (broad SMARTS) is 1. The van der Waals surface area contributed by atoms with Crippen molar-refractivity contribution in [3.8, 4) is 0 Å². The maximum atomic E-state index is 12.4. The van der Waals surface area contributed by atoms with E-state index in [1.54, 1.807) is 18.5 Å². The van der Waals surface area contributed by atoms with Crippen LogP contribution in [0.5, 0.6) is 0 Å². The van der Waals surface area contributed by atoms with Gasteiger partial charge < -0.3 is 20.1 Å². The molecule has 0 spiro atoms. The van der Waals surface area contributed by atoms with Gasteiger partial charge in [-0.05, 0) is 18.1 Å². The first-order valence-electron chi connectivity index (χ1n) is 8.17. The van der Waals surface area contributed by atoms with E-state index in [0.29, 0.717) is 6.54 Å². The van der Waals surface area contributed by atoms with E-state index in [9.17, 15) is 19.5 Å². The largest absolute Gasteiger partial charge is 0.481 e. The average Bonchev–Trinajstić information content (AvgIpc) is 2.64. The van der Waals surface area contributed by atoms with Crippen LogP contribution >= 0.6 is 0 Å². The second kappa shape index (κ2) is 9.12. The number of hydrogen-bond donors (Lipinski definition) is 2. The Hall–Kier alpha value is -2.48. The quantitative estimate of drug-likeness (QED) is 0.732. The van der Waals surface area contributed by atoms with Crippen molar-refractivity contribution in [1.82, 2.24) is 15.2 Å². The second-order valence-corrected chi connectivity index (χ2v) is 6.09. The Morgan fingerprint density at radius 2 is 2.12 bits per heavy atom. The van der Waals surface area contributed by atoms with Crippen LogP contribution in [0.4, 0.5) is 0 Å². The van der Waals surface area contributed by atoms with E-state index < -0.39 is 17.8 Å². The molecule has 2 heterocycles. The van der Waals surface area contributed by atoms with Crippen molar-refractivity contribution in [2.24, 2.45) is 11.8 Å². The summed E-state index contributed by atoms with van der Waals surface area (Å²) in [5.41, 5.74) is 0.856. The van der Waals surface area contributed by atoms with E-state index in [0.717, 1.165) is 5.56 Å². The molecule has 8 heteroatoms. The molecule has 1 aliphatic rings. The molecule has 0 unspecified atom stereocenters. The summed E-state index contributed by atoms with van der Waals surface area (Å²) in [4.78, 5) is 41.4. The number of aliphatic carboxylic acids is 1. The van der Waals surface area contributed by atoms with E-state index in [1.165, 1.54) is 12.0 Å². The molecule has 1 aromatic heterocycles. The number of carboxylic acids is 1. The van der Waals surface area contributed by atoms with Gasteiger partial charge in [0.05, 0.1) is 24.9 Å². The summed E-state index contributed by atoms with van der Waals surface area (Å²) in [6.45, 7) is 0.943. The molecule has 2 amide bonds. The number of likely N-dealkylation sites (tertiary alicyclic amines) is 1. The molecule has 0 saturated carbocycles. The number of carbonyl (C=O) groups excluding carboxylic acids is 2. The van der Waals surface area contributed by atoms with E-state index in [2.05, 4.69) is 10.3 Å². The number of ether oxygens (including phenoxy) is 1. The Kier molecular flexibility index (Phi) is 6.88. The number of pyridine rings is 1. The van der Waals surface area contributed by atoms with Crippen molar-refractivity contribution in [3.63, 3.8) is 0 Å². The summed E-state index contributed by atoms with van der Waals surface area (Å²) in [5, 5.41) is 12.1. The van der Waals surface area contributed by atoms with Gasteiger partial charge in [0.25, 0.3) is 0 Å². The number of rotatable bonds is 7. The highest BCUT2D eigenvalue weighted by Crippen LogP contribution is 2.23. The Bertz CT molecular complexity index is 608. The molecule has 0 aromatic carbocycles. The summed E-state index contributed by atoms with van der Waals surface area (Å²) >= 11 is 0. The fourth-order valence-corrected chi connectivity index (χ4v) is 2.86. The molecule has 0 aliphatic carbocycles. The number of methoxy groups -OCH3 is 1. The van der Waals surface area contributed by atoms with Crippen LogP contribution in [-0.4, -0.2) is 59.6 Å². The van der Waals surface area contributed by atoms with Crippen LogP contribution in [0.15, 0.2) is 24.5 Å². The standard InChI is InChI=1S/C17H23N3O5/c1-25-6-4-15(21)20-10-13(7-14(11-20)17(23)24)16(22)19-9-12-3-2-5-18-8-12/h2-3,5,8,13-14H,4,6-7,9-11H2,1H3,(H,19,22)(H,23,24)/t13-,14+/m1/s1. The molecule has 2 atom stereocenters. The van der Waals surface area contributed by atoms with Crippen molar-refractivity contribution in [3.05, 3.63) is 30.1 Å². The molecule has 1 fully saturated rings. The van der Waals surface area contributed by atoms with Gasteiger partial charge in [-0.15, -0.1) is 0 Å². The molecule has 25 heavy (non-hydrogen) atoms. The van der Waals surface area contributed by atoms with E-state index in [-0.39, 0.29) is 44.4 Å². The smallest absolute Gasteiger partial charge is 0.308 e. The number of carbonyl (C=O) groups is 3. The molecular formula is C17H23N3O5. The molecule has 1 aromatic rings. The van der Waals surface area contributed by atoms with Crippen LogP contribution in [0, 0.1) is 11.8 Å². The number of amides is 2. The average molecular weight is 349 g/mol. The van der Waals surface area contributed by atoms with Crippen molar-refractivity contribution in [1.29, 1.82) is 0 Å². The lowest BCUT2D eigenvalue weighted by molar-refractivity contribution is -0.148. The molecule has 136 valence electrons. The van der Waals surface area contributed by atoms with E-state index in [4.69, 9.17) is 4.74 Å². The van der Waals surface area contributed by atoms with Crippen LogP contribution < -0.4 is 5.32 Å². The highest BCUT2D eigenvalue weighted by atomic mass is 16.5. The summed E-state index contributed by atoms with van der Waals surface area (Å²) in [6, 6.07) is 3.62. The van der Waals surface area contributed by atoms with Gasteiger partial charge in [-0.25, -0.2) is 0 Å². The summed E-state index contributed by atoms with van der Waals surface area (Å²) in [6.07, 6.45) is 3.70. The zero-order chi connectivity index (χ0) is 18.2. The molecular weight excluding hydrogens is 326 g/mol. The fraction of sp³-hybridized carbons (Fsp3) is 0.529. The predicted octanol–water partition coefficient (Wildman–Crippen LogP) is 0.284. The van der Waals surface area contributed by atoms with Gasteiger partial charge in [-0.3, -0.25) is 19.4 Å². The topological polar surface area (TPSA) is 109 Å². The monoisotopic (exact) mass is 349 g/mol. The fourth-order valence-electron chi connectivity index (χ4n) is 2.86. The van der Waals surface area contributed by atoms with Crippen molar-refractivity contribution in [2.45, 2.75) is 19.4 Å². The lowest BCUT2D eigenvalue weighted by Crippen LogP contribution is -2.50. The van der Waals surface area contributed by atoms with Crippen LogP contribution in [-0.2, 0) is 25.7 Å². The van der Waals surface area contributed by atoms with Crippen LogP contribution in [0.2, 0.25) is 0 Å². The van der Waals surface area contributed by atoms with Gasteiger partial charge in [-0.2, -0.15) is 0 Å². The highest BCUT2D eigenvalue weighted by Gasteiger charge is 2.36. The van der Waals surface area contributed by atoms with E-state index >= 15 is 0 Å². The summed E-state index contributed by atoms with van der Waals surface area (Å²) < 4.78 is 4.89. The third-order valence-electron chi connectivity index (χ3n) is 4.23. The van der Waals surface area contributed by atoms with Crippen molar-refractivity contribution in [2.75, 3.05) is 26.8 Å². The Morgan fingerprint density at radius 1 is 1.36 bits per heavy atom. The maximum absolute atomic E-state index is 12.4. The van der Waals surface area contributed by atoms with Gasteiger partial charge in [0, 0.05) is 39.1 Å². The van der Waals surface area contributed by atoms with Crippen LogP contribution in [0.25, 0.3) is 0 Å². The number of piperidine rings is 1. The SMILES string of the molecule is COCCC(=O)N1C[C@@H](C(=O)O)C[C@@H](C(=O)NCc2cccnc2)C1. The first-order chi connectivity index (χ1) is 12.0. The molecule has 0 radical (unpaired) electrons. The molecule has 1 saturated heterocycles. The van der Waals surface area contributed by atoms with Gasteiger partial charge in [0.1, 0.15) is 0 Å². The highest BCUT2D eigenvalue weighted by molar-refractivity contribution is 5.83. The van der Waals surface area contributed by atoms with Gasteiger partial charge in [0.2, 0.25) is 11.8 Å². The van der Waals surface area contributed by atoms with Gasteiger partial charge in [0.15, 0.2) is 0 Å². The lowest BCUT2D eigenvalue weighted by atomic mass is 9.88. The first-order valence-corrected chi connectivity index (χ1v) is 8.17. The Morgan fingerprint density at radius 3 is 2.76 bits per heavy atom. The third-order valence-corrected chi connectivity index (χ3v) is 4.23. The summed E-state index contributed by atoms with van der Waals surface area (Å²) in [5.74, 6) is -2.72. The minimum absolute atomic E-state index is 0.129. The third kappa shape index (κ3) is 5.53. The minimum atomic E-state index is -0.991. The predicted molar refractivity (Wildman–Crippen MR) is 88.4 cm³/mol. The molecule has 2 N–H and O–H groups in total. The Labute approximate surface area is 146 Å². The zero-order valence-corrected chi connectivity index (χ0v) is 14.2. The summed E-state index contributed by atoms with van der Waals surface area (Å²) in [7, 11) is 1.50. The Balaban J connectivity index is 1.98. The number of nitrogens with zero attached hydrogens (tertiary/aromatic N) is 2. The number of nitrogens with one attached hydrogen (secondary N) is 1. The molecule has 0 bridgehead atoms. The zero-order valence-electron chi connectivity index (χ0n) is 14.2. The van der Waals surface area contributed by atoms with Gasteiger partial charge >= 0.3 is 5.97 Å². The molecule has 8 nitrogen and oxygen atoms in total. The van der Waals surface area contributed by atoms with Crippen molar-refractivity contribution < 1.29 is 24.2 Å². The van der Waals surface area contributed by atoms with Crippen molar-refractivity contribution >= 4 is 17.8 Å².